The molecule has 0 aliphatic heterocycles. The Kier molecular flexibility index (Phi) is 7.91. The minimum Gasteiger partial charge on any atom is -0.493 e. The van der Waals surface area contributed by atoms with Crippen LogP contribution in [0.1, 0.15) is 40.1 Å². The fraction of sp³-hybridized carbons (Fsp3) is 0.364. The van der Waals surface area contributed by atoms with Crippen LogP contribution in [0.25, 0.3) is 0 Å². The van der Waals surface area contributed by atoms with Crippen LogP contribution >= 0.6 is 11.6 Å². The predicted molar refractivity (Wildman–Crippen MR) is 114 cm³/mol. The lowest BCUT2D eigenvalue weighted by Gasteiger charge is -2.15. The minimum atomic E-state index is -0.301. The average Bonchev–Trinajstić information content (AvgIpc) is 2.69. The molecule has 0 atom stereocenters. The second kappa shape index (κ2) is 10.2. The van der Waals surface area contributed by atoms with Gasteiger partial charge in [0.05, 0.1) is 18.7 Å². The molecule has 29 heavy (non-hydrogen) atoms. The van der Waals surface area contributed by atoms with Crippen molar-refractivity contribution in [3.8, 4) is 11.5 Å². The van der Waals surface area contributed by atoms with Gasteiger partial charge in [-0.2, -0.15) is 0 Å². The van der Waals surface area contributed by atoms with E-state index in [1.807, 2.05) is 19.9 Å². The van der Waals surface area contributed by atoms with Gasteiger partial charge in [0.15, 0.2) is 11.5 Å². The number of ether oxygens (including phenoxy) is 2. The Balaban J connectivity index is 2.12. The highest BCUT2D eigenvalue weighted by atomic mass is 35.5. The first-order valence-corrected chi connectivity index (χ1v) is 9.69. The Hall–Kier alpha value is -2.73. The van der Waals surface area contributed by atoms with E-state index in [0.29, 0.717) is 40.2 Å². The van der Waals surface area contributed by atoms with Gasteiger partial charge in [-0.1, -0.05) is 37.6 Å². The number of halogens is 1. The van der Waals surface area contributed by atoms with Crippen molar-refractivity contribution >= 4 is 23.4 Å². The fourth-order valence-corrected chi connectivity index (χ4v) is 2.86. The van der Waals surface area contributed by atoms with Crippen LogP contribution in [0.2, 0.25) is 5.02 Å². The van der Waals surface area contributed by atoms with Gasteiger partial charge in [-0.05, 0) is 35.7 Å². The van der Waals surface area contributed by atoms with Gasteiger partial charge in [-0.3, -0.25) is 9.59 Å². The minimum absolute atomic E-state index is 0.0910. The van der Waals surface area contributed by atoms with E-state index in [1.54, 1.807) is 44.4 Å². The summed E-state index contributed by atoms with van der Waals surface area (Å²) in [4.78, 5) is 26.2. The van der Waals surface area contributed by atoms with Crippen LogP contribution in [-0.4, -0.2) is 44.5 Å². The molecule has 0 saturated heterocycles. The summed E-state index contributed by atoms with van der Waals surface area (Å²) >= 11 is 6.32. The third-order valence-corrected chi connectivity index (χ3v) is 4.37. The van der Waals surface area contributed by atoms with E-state index in [0.717, 1.165) is 5.56 Å². The average molecular weight is 419 g/mol. The maximum Gasteiger partial charge on any atom is 0.253 e. The number of amides is 2. The van der Waals surface area contributed by atoms with E-state index < -0.39 is 0 Å². The highest BCUT2D eigenvalue weighted by Gasteiger charge is 2.16. The summed E-state index contributed by atoms with van der Waals surface area (Å²) in [6, 6.07) is 10.3. The van der Waals surface area contributed by atoms with Crippen LogP contribution < -0.4 is 14.8 Å². The number of carbonyl (C=O) groups excluding carboxylic acids is 2. The third kappa shape index (κ3) is 6.12. The Morgan fingerprint density at radius 2 is 1.86 bits per heavy atom. The number of methoxy groups -OCH3 is 1. The molecule has 1 N–H and O–H groups in total. The molecule has 2 rings (SSSR count). The van der Waals surface area contributed by atoms with E-state index in [-0.39, 0.29) is 18.4 Å². The van der Waals surface area contributed by atoms with Crippen LogP contribution in [0.15, 0.2) is 36.4 Å². The first-order chi connectivity index (χ1) is 13.7. The number of carbonyl (C=O) groups is 2. The lowest BCUT2D eigenvalue weighted by atomic mass is 10.1. The molecule has 7 heteroatoms. The zero-order valence-electron chi connectivity index (χ0n) is 17.4. The number of hydrogen-bond donors (Lipinski definition) is 1. The fourth-order valence-electron chi connectivity index (χ4n) is 2.60. The SMILES string of the molecule is COc1cc(C(=O)NCc2cccc(C(=O)N(C)C)c2)cc(Cl)c1OCC(C)C. The topological polar surface area (TPSA) is 67.9 Å². The largest absolute Gasteiger partial charge is 0.493 e. The number of hydrogen-bond acceptors (Lipinski definition) is 4. The quantitative estimate of drug-likeness (QED) is 0.703. The summed E-state index contributed by atoms with van der Waals surface area (Å²) in [6.45, 7) is 4.83. The lowest BCUT2D eigenvalue weighted by Crippen LogP contribution is -2.24. The molecule has 2 aromatic rings. The predicted octanol–water partition coefficient (Wildman–Crippen LogP) is 4.02. The summed E-state index contributed by atoms with van der Waals surface area (Å²) in [5.41, 5.74) is 1.75. The summed E-state index contributed by atoms with van der Waals surface area (Å²) in [5.74, 6) is 0.765. The van der Waals surface area contributed by atoms with Gasteiger partial charge in [0, 0.05) is 31.8 Å². The standard InChI is InChI=1S/C22H27ClN2O4/c1-14(2)13-29-20-18(23)10-17(11-19(20)28-5)21(26)24-12-15-7-6-8-16(9-15)22(27)25(3)4/h6-11,14H,12-13H2,1-5H3,(H,24,26). The van der Waals surface area contributed by atoms with Crippen molar-refractivity contribution in [1.29, 1.82) is 0 Å². The Morgan fingerprint density at radius 3 is 2.48 bits per heavy atom. The summed E-state index contributed by atoms with van der Waals surface area (Å²) in [6.07, 6.45) is 0. The van der Waals surface area contributed by atoms with Crippen LogP contribution in [0.5, 0.6) is 11.5 Å². The molecule has 0 aromatic heterocycles. The van der Waals surface area contributed by atoms with Crippen molar-refractivity contribution in [2.75, 3.05) is 27.8 Å². The Morgan fingerprint density at radius 1 is 1.14 bits per heavy atom. The van der Waals surface area contributed by atoms with Crippen molar-refractivity contribution < 1.29 is 19.1 Å². The molecule has 0 heterocycles. The van der Waals surface area contributed by atoms with Crippen molar-refractivity contribution in [2.24, 2.45) is 5.92 Å². The number of rotatable bonds is 8. The molecule has 0 fully saturated rings. The molecule has 2 amide bonds. The monoisotopic (exact) mass is 418 g/mol. The lowest BCUT2D eigenvalue weighted by molar-refractivity contribution is 0.0827. The van der Waals surface area contributed by atoms with Crippen LogP contribution in [0.3, 0.4) is 0 Å². The van der Waals surface area contributed by atoms with E-state index in [9.17, 15) is 9.59 Å². The van der Waals surface area contributed by atoms with Gasteiger partial charge in [-0.25, -0.2) is 0 Å². The van der Waals surface area contributed by atoms with Gasteiger partial charge < -0.3 is 19.7 Å². The third-order valence-electron chi connectivity index (χ3n) is 4.09. The number of nitrogens with one attached hydrogen (secondary N) is 1. The van der Waals surface area contributed by atoms with Gasteiger partial charge in [0.1, 0.15) is 0 Å². The highest BCUT2D eigenvalue weighted by molar-refractivity contribution is 6.32. The smallest absolute Gasteiger partial charge is 0.253 e. The molecule has 0 saturated carbocycles. The van der Waals surface area contributed by atoms with Gasteiger partial charge in [0.25, 0.3) is 11.8 Å². The van der Waals surface area contributed by atoms with Crippen molar-refractivity contribution in [3.05, 3.63) is 58.1 Å². The number of nitrogens with zero attached hydrogens (tertiary/aromatic N) is 1. The van der Waals surface area contributed by atoms with Crippen LogP contribution in [0, 0.1) is 5.92 Å². The molecule has 0 spiro atoms. The first-order valence-electron chi connectivity index (χ1n) is 9.32. The van der Waals surface area contributed by atoms with Crippen LogP contribution in [0.4, 0.5) is 0 Å². The van der Waals surface area contributed by atoms with Gasteiger partial charge >= 0.3 is 0 Å². The maximum absolute atomic E-state index is 12.6. The van der Waals surface area contributed by atoms with E-state index in [4.69, 9.17) is 21.1 Å². The van der Waals surface area contributed by atoms with E-state index in [2.05, 4.69) is 5.32 Å². The summed E-state index contributed by atoms with van der Waals surface area (Å²) in [7, 11) is 4.90. The molecule has 0 aliphatic rings. The first kappa shape index (κ1) is 22.6. The van der Waals surface area contributed by atoms with Crippen molar-refractivity contribution in [1.82, 2.24) is 10.2 Å². The molecule has 0 bridgehead atoms. The molecule has 2 aromatic carbocycles. The normalized spacial score (nSPS) is 10.6. The summed E-state index contributed by atoms with van der Waals surface area (Å²) < 4.78 is 11.1. The van der Waals surface area contributed by atoms with E-state index >= 15 is 0 Å². The summed E-state index contributed by atoms with van der Waals surface area (Å²) in [5, 5.41) is 3.15. The second-order valence-corrected chi connectivity index (χ2v) is 7.68. The molecule has 0 unspecified atom stereocenters. The zero-order chi connectivity index (χ0) is 21.6. The molecular formula is C22H27ClN2O4. The van der Waals surface area contributed by atoms with Crippen molar-refractivity contribution in [3.63, 3.8) is 0 Å². The molecule has 0 aliphatic carbocycles. The van der Waals surface area contributed by atoms with Crippen LogP contribution in [-0.2, 0) is 6.54 Å². The molecule has 6 nitrogen and oxygen atoms in total. The molecule has 156 valence electrons. The Bertz CT molecular complexity index is 881. The highest BCUT2D eigenvalue weighted by Crippen LogP contribution is 2.36. The zero-order valence-corrected chi connectivity index (χ0v) is 18.2. The second-order valence-electron chi connectivity index (χ2n) is 7.28. The van der Waals surface area contributed by atoms with E-state index in [1.165, 1.54) is 12.0 Å². The Labute approximate surface area is 176 Å². The molecular weight excluding hydrogens is 392 g/mol. The van der Waals surface area contributed by atoms with Gasteiger partial charge in [0.2, 0.25) is 0 Å². The maximum atomic E-state index is 12.6. The molecule has 0 radical (unpaired) electrons. The number of benzene rings is 2. The van der Waals surface area contributed by atoms with Gasteiger partial charge in [-0.15, -0.1) is 0 Å². The van der Waals surface area contributed by atoms with Crippen molar-refractivity contribution in [2.45, 2.75) is 20.4 Å².